The first-order valence-electron chi connectivity index (χ1n) is 6.49. The fourth-order valence-electron chi connectivity index (χ4n) is 2.06. The van der Waals surface area contributed by atoms with E-state index in [-0.39, 0.29) is 5.75 Å². The Labute approximate surface area is 129 Å². The van der Waals surface area contributed by atoms with Gasteiger partial charge in [-0.15, -0.1) is 0 Å². The van der Waals surface area contributed by atoms with Crippen LogP contribution in [0.1, 0.15) is 0 Å². The van der Waals surface area contributed by atoms with Crippen LogP contribution in [0.5, 0.6) is 5.75 Å². The van der Waals surface area contributed by atoms with Gasteiger partial charge in [0.2, 0.25) is 5.89 Å². The van der Waals surface area contributed by atoms with Gasteiger partial charge in [-0.05, 0) is 36.4 Å². The summed E-state index contributed by atoms with van der Waals surface area (Å²) in [6, 6.07) is 12.4. The van der Waals surface area contributed by atoms with Crippen LogP contribution in [0, 0.1) is 0 Å². The van der Waals surface area contributed by atoms with Crippen molar-refractivity contribution in [3.63, 3.8) is 0 Å². The second-order valence-corrected chi connectivity index (χ2v) is 5.45. The molecule has 0 radical (unpaired) electrons. The van der Waals surface area contributed by atoms with Crippen LogP contribution >= 0.6 is 0 Å². The summed E-state index contributed by atoms with van der Waals surface area (Å²) in [5, 5.41) is 0. The summed E-state index contributed by atoms with van der Waals surface area (Å²) in [4.78, 5) is 6.37. The largest absolute Gasteiger partial charge is 0.740 e. The first-order chi connectivity index (χ1) is 10.5. The van der Waals surface area contributed by atoms with Crippen LogP contribution in [0.3, 0.4) is 0 Å². The topological polar surface area (TPSA) is 78.6 Å². The van der Waals surface area contributed by atoms with E-state index in [0.717, 1.165) is 11.3 Å². The summed E-state index contributed by atoms with van der Waals surface area (Å²) in [5.41, 5.74) is 3.02. The van der Waals surface area contributed by atoms with E-state index in [0.29, 0.717) is 17.0 Å². The van der Waals surface area contributed by atoms with Crippen LogP contribution in [0.15, 0.2) is 46.9 Å². The second kappa shape index (κ2) is 5.78. The quantitative estimate of drug-likeness (QED) is 0.688. The van der Waals surface area contributed by atoms with Crippen LogP contribution in [0.2, 0.25) is 0 Å². The zero-order valence-corrected chi connectivity index (χ0v) is 12.8. The molecule has 0 fully saturated rings. The van der Waals surface area contributed by atoms with Crippen LogP contribution in [-0.2, 0) is 11.4 Å². The molecule has 0 bridgehead atoms. The third-order valence-electron chi connectivity index (χ3n) is 3.15. The Morgan fingerprint density at radius 2 is 1.91 bits per heavy atom. The predicted octanol–water partition coefficient (Wildman–Crippen LogP) is 2.73. The molecule has 0 aliphatic rings. The molecule has 0 amide bonds. The number of anilines is 1. The molecule has 114 valence electrons. The first-order valence-corrected chi connectivity index (χ1v) is 7.49. The maximum atomic E-state index is 10.5. The lowest BCUT2D eigenvalue weighted by Gasteiger charge is -2.11. The Balaban J connectivity index is 1.95. The third kappa shape index (κ3) is 2.95. The molecule has 22 heavy (non-hydrogen) atoms. The molecule has 1 heterocycles. The molecule has 0 saturated heterocycles. The molecule has 1 atom stereocenters. The fraction of sp³-hybridized carbons (Fsp3) is 0.133. The second-order valence-electron chi connectivity index (χ2n) is 4.88. The molecule has 0 N–H and O–H groups in total. The van der Waals surface area contributed by atoms with Gasteiger partial charge in [0, 0.05) is 31.4 Å². The Bertz CT molecular complexity index is 827. The predicted molar refractivity (Wildman–Crippen MR) is 83.3 cm³/mol. The molecule has 3 aromatic rings. The van der Waals surface area contributed by atoms with E-state index in [1.165, 1.54) is 12.1 Å². The summed E-state index contributed by atoms with van der Waals surface area (Å²) < 4.78 is 31.4. The van der Waals surface area contributed by atoms with Crippen LogP contribution < -0.4 is 9.08 Å². The van der Waals surface area contributed by atoms with Gasteiger partial charge in [-0.3, -0.25) is 0 Å². The Morgan fingerprint density at radius 1 is 1.18 bits per heavy atom. The smallest absolute Gasteiger partial charge is 0.227 e. The molecule has 3 rings (SSSR count). The highest BCUT2D eigenvalue weighted by Crippen LogP contribution is 2.28. The number of hydrogen-bond acceptors (Lipinski definition) is 6. The van der Waals surface area contributed by atoms with Crippen molar-refractivity contribution in [3.8, 4) is 17.2 Å². The lowest BCUT2D eigenvalue weighted by atomic mass is 10.2. The fourth-order valence-corrected chi connectivity index (χ4v) is 2.32. The number of oxazole rings is 1. The van der Waals surface area contributed by atoms with Gasteiger partial charge < -0.3 is 18.1 Å². The number of hydrogen-bond donors (Lipinski definition) is 0. The van der Waals surface area contributed by atoms with Crippen molar-refractivity contribution in [2.75, 3.05) is 19.0 Å². The van der Waals surface area contributed by atoms with Crippen LogP contribution in [0.4, 0.5) is 5.69 Å². The SMILES string of the molecule is CN(C)c1ccc(-c2nc3cc(OS(=O)[O-])ccc3o2)cc1. The van der Waals surface area contributed by atoms with E-state index < -0.39 is 11.4 Å². The zero-order chi connectivity index (χ0) is 15.7. The lowest BCUT2D eigenvalue weighted by molar-refractivity contribution is 0.440. The maximum Gasteiger partial charge on any atom is 0.227 e. The highest BCUT2D eigenvalue weighted by Gasteiger charge is 2.09. The Kier molecular flexibility index (Phi) is 3.82. The molecule has 6 nitrogen and oxygen atoms in total. The van der Waals surface area contributed by atoms with Crippen molar-refractivity contribution in [3.05, 3.63) is 42.5 Å². The van der Waals surface area contributed by atoms with Gasteiger partial charge in [-0.2, -0.15) is 0 Å². The average molecular weight is 317 g/mol. The van der Waals surface area contributed by atoms with E-state index in [1.807, 2.05) is 43.3 Å². The summed E-state index contributed by atoms with van der Waals surface area (Å²) in [6.07, 6.45) is 0. The standard InChI is InChI=1S/C15H14N2O4S/c1-17(2)11-5-3-10(4-6-11)15-16-13-9-12(21-22(18)19)7-8-14(13)20-15/h3-9H,1-2H3,(H,18,19)/p-1. The Hall–Kier alpha value is -2.38. The monoisotopic (exact) mass is 317 g/mol. The van der Waals surface area contributed by atoms with Crippen LogP contribution in [-0.4, -0.2) is 27.8 Å². The molecule has 2 aromatic carbocycles. The van der Waals surface area contributed by atoms with Crippen molar-refractivity contribution < 1.29 is 17.4 Å². The molecule has 0 aliphatic heterocycles. The molecule has 0 spiro atoms. The average Bonchev–Trinajstić information content (AvgIpc) is 2.90. The number of fused-ring (bicyclic) bond motifs is 1. The minimum Gasteiger partial charge on any atom is -0.740 e. The van der Waals surface area contributed by atoms with Crippen molar-refractivity contribution in [1.29, 1.82) is 0 Å². The lowest BCUT2D eigenvalue weighted by Crippen LogP contribution is -2.07. The van der Waals surface area contributed by atoms with Gasteiger partial charge in [0.15, 0.2) is 5.58 Å². The number of aromatic nitrogens is 1. The van der Waals surface area contributed by atoms with Gasteiger partial charge in [0.05, 0.1) is 0 Å². The van der Waals surface area contributed by atoms with Gasteiger partial charge in [0.1, 0.15) is 22.6 Å². The Morgan fingerprint density at radius 3 is 2.55 bits per heavy atom. The molecule has 1 aromatic heterocycles. The number of rotatable bonds is 4. The van der Waals surface area contributed by atoms with E-state index in [9.17, 15) is 8.76 Å². The maximum absolute atomic E-state index is 10.5. The molecular formula is C15H13N2O4S-. The van der Waals surface area contributed by atoms with Gasteiger partial charge in [0.25, 0.3) is 0 Å². The minimum atomic E-state index is -2.61. The summed E-state index contributed by atoms with van der Waals surface area (Å²) in [5.74, 6) is 0.671. The van der Waals surface area contributed by atoms with Crippen molar-refractivity contribution in [1.82, 2.24) is 4.98 Å². The van der Waals surface area contributed by atoms with E-state index in [1.54, 1.807) is 6.07 Å². The zero-order valence-electron chi connectivity index (χ0n) is 12.0. The molecule has 0 aliphatic carbocycles. The molecular weight excluding hydrogens is 304 g/mol. The van der Waals surface area contributed by atoms with Crippen molar-refractivity contribution >= 4 is 28.1 Å². The normalized spacial score (nSPS) is 12.3. The number of benzene rings is 2. The highest BCUT2D eigenvalue weighted by atomic mass is 32.2. The van der Waals surface area contributed by atoms with Crippen molar-refractivity contribution in [2.45, 2.75) is 0 Å². The van der Waals surface area contributed by atoms with E-state index in [2.05, 4.69) is 9.17 Å². The molecule has 1 unspecified atom stereocenters. The first kappa shape index (κ1) is 14.6. The van der Waals surface area contributed by atoms with Gasteiger partial charge in [-0.1, -0.05) is 0 Å². The van der Waals surface area contributed by atoms with Crippen LogP contribution in [0.25, 0.3) is 22.6 Å². The highest BCUT2D eigenvalue weighted by molar-refractivity contribution is 7.74. The summed E-state index contributed by atoms with van der Waals surface area (Å²) >= 11 is -2.61. The minimum absolute atomic E-state index is 0.198. The molecule has 7 heteroatoms. The van der Waals surface area contributed by atoms with E-state index in [4.69, 9.17) is 4.42 Å². The van der Waals surface area contributed by atoms with Crippen molar-refractivity contribution in [2.24, 2.45) is 0 Å². The third-order valence-corrected chi connectivity index (χ3v) is 3.48. The summed E-state index contributed by atoms with van der Waals surface area (Å²) in [7, 11) is 3.94. The number of nitrogens with zero attached hydrogens (tertiary/aromatic N) is 2. The molecule has 0 saturated carbocycles. The summed E-state index contributed by atoms with van der Waals surface area (Å²) in [6.45, 7) is 0. The van der Waals surface area contributed by atoms with E-state index >= 15 is 0 Å². The van der Waals surface area contributed by atoms with Gasteiger partial charge in [-0.25, -0.2) is 9.19 Å². The van der Waals surface area contributed by atoms with Gasteiger partial charge >= 0.3 is 0 Å².